The fraction of sp³-hybridized carbons (Fsp3) is 0. The summed E-state index contributed by atoms with van der Waals surface area (Å²) in [5, 5.41) is 7.52. The number of pyridine rings is 1. The van der Waals surface area contributed by atoms with Gasteiger partial charge in [0.2, 0.25) is 0 Å². The number of nitrogens with zero attached hydrogens (tertiary/aromatic N) is 4. The summed E-state index contributed by atoms with van der Waals surface area (Å²) in [6.07, 6.45) is 0. The van der Waals surface area contributed by atoms with Gasteiger partial charge in [-0.3, -0.25) is 0 Å². The molecular formula is C52H30N4O2. The zero-order valence-corrected chi connectivity index (χ0v) is 30.9. The molecule has 0 aliphatic heterocycles. The first-order valence-electron chi connectivity index (χ1n) is 19.3. The Kier molecular flexibility index (Phi) is 7.13. The molecule has 6 heteroatoms. The van der Waals surface area contributed by atoms with Gasteiger partial charge in [-0.25, -0.2) is 19.9 Å². The number of para-hydroxylation sites is 3. The molecule has 0 aliphatic carbocycles. The molecule has 12 aromatic rings. The summed E-state index contributed by atoms with van der Waals surface area (Å²) in [5.74, 6) is 1.77. The second-order valence-corrected chi connectivity index (χ2v) is 14.6. The van der Waals surface area contributed by atoms with Crippen molar-refractivity contribution in [3.63, 3.8) is 0 Å². The summed E-state index contributed by atoms with van der Waals surface area (Å²) >= 11 is 0. The van der Waals surface area contributed by atoms with Gasteiger partial charge in [-0.1, -0.05) is 158 Å². The Morgan fingerprint density at radius 2 is 0.897 bits per heavy atom. The van der Waals surface area contributed by atoms with E-state index in [1.807, 2.05) is 72.8 Å². The Bertz CT molecular complexity index is 3570. The van der Waals surface area contributed by atoms with E-state index in [2.05, 4.69) is 109 Å². The van der Waals surface area contributed by atoms with E-state index in [-0.39, 0.29) is 0 Å². The lowest BCUT2D eigenvalue weighted by molar-refractivity contribution is 0.670. The van der Waals surface area contributed by atoms with Crippen LogP contribution in [0.4, 0.5) is 0 Å². The Hall–Kier alpha value is -7.96. The van der Waals surface area contributed by atoms with Crippen LogP contribution in [0.25, 0.3) is 122 Å². The first-order valence-corrected chi connectivity index (χ1v) is 19.3. The zero-order chi connectivity index (χ0) is 38.2. The maximum atomic E-state index is 6.64. The number of hydrogen-bond acceptors (Lipinski definition) is 6. The monoisotopic (exact) mass is 742 g/mol. The van der Waals surface area contributed by atoms with Crippen molar-refractivity contribution in [1.82, 2.24) is 19.9 Å². The first-order chi connectivity index (χ1) is 28.7. The quantitative estimate of drug-likeness (QED) is 0.163. The van der Waals surface area contributed by atoms with Crippen LogP contribution in [-0.2, 0) is 0 Å². The van der Waals surface area contributed by atoms with Gasteiger partial charge in [0.1, 0.15) is 22.3 Å². The van der Waals surface area contributed by atoms with Crippen LogP contribution in [0.5, 0.6) is 0 Å². The molecule has 4 heterocycles. The molecule has 0 spiro atoms. The molecule has 0 N–H and O–H groups in total. The van der Waals surface area contributed by atoms with Crippen molar-refractivity contribution in [2.75, 3.05) is 0 Å². The van der Waals surface area contributed by atoms with Crippen molar-refractivity contribution < 1.29 is 8.83 Å². The molecule has 8 aromatic carbocycles. The summed E-state index contributed by atoms with van der Waals surface area (Å²) in [7, 11) is 0. The summed E-state index contributed by atoms with van der Waals surface area (Å²) < 4.78 is 13.0. The van der Waals surface area contributed by atoms with Gasteiger partial charge in [0.05, 0.1) is 22.0 Å². The van der Waals surface area contributed by atoms with Crippen LogP contribution in [0.1, 0.15) is 0 Å². The maximum Gasteiger partial charge on any atom is 0.164 e. The highest BCUT2D eigenvalue weighted by Crippen LogP contribution is 2.42. The van der Waals surface area contributed by atoms with E-state index >= 15 is 0 Å². The van der Waals surface area contributed by atoms with E-state index in [4.69, 9.17) is 28.8 Å². The maximum absolute atomic E-state index is 6.64. The SMILES string of the molecule is c1ccc(-c2nc(-c3ccc(-c4nc5ccc6ccccc6c5c5oc6ccccc6c45)cc3)nc(-c3cccc(-c4cccc5c4oc4ccccc45)c3)n2)cc1. The minimum atomic E-state index is 0.581. The van der Waals surface area contributed by atoms with Crippen LogP contribution in [0, 0.1) is 0 Å². The van der Waals surface area contributed by atoms with E-state index in [0.717, 1.165) is 105 Å². The van der Waals surface area contributed by atoms with Gasteiger partial charge in [-0.05, 0) is 40.6 Å². The van der Waals surface area contributed by atoms with Gasteiger partial charge in [0.15, 0.2) is 17.5 Å². The summed E-state index contributed by atoms with van der Waals surface area (Å²) in [6.45, 7) is 0. The lowest BCUT2D eigenvalue weighted by atomic mass is 9.98. The normalized spacial score (nSPS) is 11.8. The third kappa shape index (κ3) is 5.12. The van der Waals surface area contributed by atoms with E-state index in [9.17, 15) is 0 Å². The average Bonchev–Trinajstić information content (AvgIpc) is 3.88. The van der Waals surface area contributed by atoms with Gasteiger partial charge in [0, 0.05) is 44.0 Å². The van der Waals surface area contributed by atoms with Gasteiger partial charge in [-0.2, -0.15) is 0 Å². The van der Waals surface area contributed by atoms with E-state index < -0.39 is 0 Å². The van der Waals surface area contributed by atoms with Crippen LogP contribution in [0.2, 0.25) is 0 Å². The molecule has 0 amide bonds. The molecule has 0 aliphatic rings. The highest BCUT2D eigenvalue weighted by molar-refractivity contribution is 6.25. The number of furan rings is 2. The third-order valence-corrected chi connectivity index (χ3v) is 11.1. The van der Waals surface area contributed by atoms with Crippen molar-refractivity contribution in [2.24, 2.45) is 0 Å². The smallest absolute Gasteiger partial charge is 0.164 e. The molecule has 12 rings (SSSR count). The number of hydrogen-bond donors (Lipinski definition) is 0. The molecule has 0 saturated carbocycles. The van der Waals surface area contributed by atoms with E-state index in [0.29, 0.717) is 17.5 Å². The lowest BCUT2D eigenvalue weighted by Gasteiger charge is -2.11. The third-order valence-electron chi connectivity index (χ3n) is 11.1. The topological polar surface area (TPSA) is 77.8 Å². The van der Waals surface area contributed by atoms with Crippen molar-refractivity contribution in [3.05, 3.63) is 182 Å². The van der Waals surface area contributed by atoms with Crippen molar-refractivity contribution >= 4 is 65.6 Å². The molecule has 270 valence electrons. The zero-order valence-electron chi connectivity index (χ0n) is 30.9. The predicted octanol–water partition coefficient (Wildman–Crippen LogP) is 13.7. The Labute approximate surface area is 331 Å². The van der Waals surface area contributed by atoms with Crippen LogP contribution >= 0.6 is 0 Å². The molecular weight excluding hydrogens is 713 g/mol. The minimum Gasteiger partial charge on any atom is -0.455 e. The highest BCUT2D eigenvalue weighted by Gasteiger charge is 2.20. The average molecular weight is 743 g/mol. The number of aromatic nitrogens is 4. The minimum absolute atomic E-state index is 0.581. The second kappa shape index (κ2) is 12.8. The first kappa shape index (κ1) is 32.3. The molecule has 4 aromatic heterocycles. The number of fused-ring (bicyclic) bond motifs is 10. The lowest BCUT2D eigenvalue weighted by Crippen LogP contribution is -2.00. The standard InChI is InChI=1S/C52H30N4O2/c1-2-13-33(14-3-1)50-54-51(56-52(55-50)36-16-10-15-35(30-36)38-20-11-21-40-39-18-6-8-22-43(39)57-48(38)40)34-26-24-32(25-27-34)47-46-41-19-7-9-23-44(41)58-49(46)45-37-17-5-4-12-31(37)28-29-42(45)53-47/h1-30H. The molecule has 0 saturated heterocycles. The van der Waals surface area contributed by atoms with Crippen molar-refractivity contribution in [2.45, 2.75) is 0 Å². The largest absolute Gasteiger partial charge is 0.455 e. The van der Waals surface area contributed by atoms with Gasteiger partial charge < -0.3 is 8.83 Å². The van der Waals surface area contributed by atoms with Crippen LogP contribution < -0.4 is 0 Å². The summed E-state index contributed by atoms with van der Waals surface area (Å²) in [6, 6.07) is 62.0. The Balaban J connectivity index is 0.995. The van der Waals surface area contributed by atoms with Crippen LogP contribution in [0.15, 0.2) is 191 Å². The van der Waals surface area contributed by atoms with Gasteiger partial charge in [-0.15, -0.1) is 0 Å². The van der Waals surface area contributed by atoms with Crippen LogP contribution in [0.3, 0.4) is 0 Å². The second-order valence-electron chi connectivity index (χ2n) is 14.6. The van der Waals surface area contributed by atoms with Gasteiger partial charge in [0.25, 0.3) is 0 Å². The number of rotatable bonds is 5. The van der Waals surface area contributed by atoms with E-state index in [1.54, 1.807) is 0 Å². The number of benzene rings is 8. The van der Waals surface area contributed by atoms with E-state index in [1.165, 1.54) is 0 Å². The molecule has 0 bridgehead atoms. The van der Waals surface area contributed by atoms with Crippen molar-refractivity contribution in [1.29, 1.82) is 0 Å². The molecule has 0 atom stereocenters. The highest BCUT2D eigenvalue weighted by atomic mass is 16.3. The fourth-order valence-corrected chi connectivity index (χ4v) is 8.36. The molecule has 6 nitrogen and oxygen atoms in total. The summed E-state index contributed by atoms with van der Waals surface area (Å²) in [4.78, 5) is 20.5. The molecule has 0 unspecified atom stereocenters. The fourth-order valence-electron chi connectivity index (χ4n) is 8.36. The Morgan fingerprint density at radius 1 is 0.328 bits per heavy atom. The molecule has 0 radical (unpaired) electrons. The summed E-state index contributed by atoms with van der Waals surface area (Å²) in [5.41, 5.74) is 10.8. The van der Waals surface area contributed by atoms with Crippen molar-refractivity contribution in [3.8, 4) is 56.5 Å². The predicted molar refractivity (Wildman–Crippen MR) is 234 cm³/mol. The van der Waals surface area contributed by atoms with Gasteiger partial charge >= 0.3 is 0 Å². The van der Waals surface area contributed by atoms with Crippen LogP contribution in [-0.4, -0.2) is 19.9 Å². The molecule has 0 fully saturated rings. The molecule has 58 heavy (non-hydrogen) atoms. The Morgan fingerprint density at radius 3 is 1.71 bits per heavy atom.